The van der Waals surface area contributed by atoms with Crippen LogP contribution in [0.15, 0.2) is 58.1 Å². The molecule has 0 saturated carbocycles. The second-order valence-corrected chi connectivity index (χ2v) is 8.05. The van der Waals surface area contributed by atoms with Crippen LogP contribution in [0.5, 0.6) is 5.75 Å². The minimum atomic E-state index is -3.65. The lowest BCUT2D eigenvalue weighted by atomic mass is 10.2. The lowest BCUT2D eigenvalue weighted by Crippen LogP contribution is -2.39. The van der Waals surface area contributed by atoms with Crippen LogP contribution in [-0.4, -0.2) is 40.4 Å². The molecule has 2 rings (SSSR count). The third-order valence-corrected chi connectivity index (χ3v) is 5.10. The highest BCUT2D eigenvalue weighted by molar-refractivity contribution is 9.10. The molecule has 0 saturated heterocycles. The zero-order valence-electron chi connectivity index (χ0n) is 14.2. The Morgan fingerprint density at radius 3 is 2.65 bits per heavy atom. The Morgan fingerprint density at radius 1 is 1.27 bits per heavy atom. The monoisotopic (exact) mass is 439 g/mol. The van der Waals surface area contributed by atoms with Crippen LogP contribution in [0.4, 0.5) is 5.69 Å². The second-order valence-electron chi connectivity index (χ2n) is 5.29. The van der Waals surface area contributed by atoms with Gasteiger partial charge in [-0.1, -0.05) is 24.3 Å². The molecular weight excluding hydrogens is 422 g/mol. The number of nitrogens with zero attached hydrogens (tertiary/aromatic N) is 2. The van der Waals surface area contributed by atoms with Crippen molar-refractivity contribution in [2.75, 3.05) is 24.2 Å². The Kier molecular flexibility index (Phi) is 6.76. The number of carbonyl (C=O) groups excluding carboxylic acids is 1. The molecule has 26 heavy (non-hydrogen) atoms. The van der Waals surface area contributed by atoms with E-state index in [9.17, 15) is 13.2 Å². The summed E-state index contributed by atoms with van der Waals surface area (Å²) in [6, 6.07) is 13.9. The highest BCUT2D eigenvalue weighted by Crippen LogP contribution is 2.27. The number of nitrogens with one attached hydrogen (secondary N) is 1. The summed E-state index contributed by atoms with van der Waals surface area (Å²) >= 11 is 3.30. The standard InChI is InChI=1S/C17H18BrN3O4S/c1-25-14-7-5-6-13(10-14)11-19-20-17(22)12-21(26(2,23)24)16-9-4-3-8-15(16)18/h3-11H,12H2,1-2H3,(H,20,22)/b19-11-. The van der Waals surface area contributed by atoms with Gasteiger partial charge >= 0.3 is 0 Å². The number of methoxy groups -OCH3 is 1. The number of halogens is 1. The van der Waals surface area contributed by atoms with Crippen molar-refractivity contribution < 1.29 is 17.9 Å². The second kappa shape index (κ2) is 8.81. The molecule has 9 heteroatoms. The molecule has 0 unspecified atom stereocenters. The van der Waals surface area contributed by atoms with Crippen LogP contribution in [0.1, 0.15) is 5.56 Å². The van der Waals surface area contributed by atoms with Gasteiger partial charge in [0, 0.05) is 4.47 Å². The summed E-state index contributed by atoms with van der Waals surface area (Å²) in [6.07, 6.45) is 2.49. The average Bonchev–Trinajstić information content (AvgIpc) is 2.60. The number of hydrazone groups is 1. The van der Waals surface area contributed by atoms with Gasteiger partial charge in [-0.25, -0.2) is 13.8 Å². The van der Waals surface area contributed by atoms with Gasteiger partial charge in [0.05, 0.1) is 25.3 Å². The van der Waals surface area contributed by atoms with Gasteiger partial charge in [-0.15, -0.1) is 0 Å². The number of ether oxygens (including phenoxy) is 1. The smallest absolute Gasteiger partial charge is 0.260 e. The Bertz CT molecular complexity index is 916. The molecule has 0 atom stereocenters. The Morgan fingerprint density at radius 2 is 2.00 bits per heavy atom. The van der Waals surface area contributed by atoms with Gasteiger partial charge in [0.2, 0.25) is 10.0 Å². The van der Waals surface area contributed by atoms with E-state index in [1.165, 1.54) is 6.21 Å². The maximum absolute atomic E-state index is 12.1. The molecule has 2 aromatic rings. The summed E-state index contributed by atoms with van der Waals surface area (Å²) in [5.41, 5.74) is 3.44. The third kappa shape index (κ3) is 5.57. The first-order valence-corrected chi connectivity index (χ1v) is 10.1. The van der Waals surface area contributed by atoms with Crippen molar-refractivity contribution >= 4 is 43.8 Å². The Hall–Kier alpha value is -2.39. The Labute approximate surface area is 160 Å². The lowest BCUT2D eigenvalue weighted by Gasteiger charge is -2.22. The summed E-state index contributed by atoms with van der Waals surface area (Å²) < 4.78 is 30.8. The first kappa shape index (κ1) is 19.9. The molecule has 0 aliphatic carbocycles. The fourth-order valence-electron chi connectivity index (χ4n) is 2.10. The molecule has 0 bridgehead atoms. The van der Waals surface area contributed by atoms with E-state index in [1.54, 1.807) is 55.6 Å². The van der Waals surface area contributed by atoms with Gasteiger partial charge in [0.25, 0.3) is 5.91 Å². The number of hydrogen-bond donors (Lipinski definition) is 1. The minimum absolute atomic E-state index is 0.377. The zero-order chi connectivity index (χ0) is 19.2. The molecule has 7 nitrogen and oxygen atoms in total. The highest BCUT2D eigenvalue weighted by Gasteiger charge is 2.22. The molecule has 0 radical (unpaired) electrons. The van der Waals surface area contributed by atoms with Crippen LogP contribution in [0.25, 0.3) is 0 Å². The van der Waals surface area contributed by atoms with E-state index >= 15 is 0 Å². The maximum atomic E-state index is 12.1. The lowest BCUT2D eigenvalue weighted by molar-refractivity contribution is -0.119. The van der Waals surface area contributed by atoms with E-state index < -0.39 is 22.5 Å². The van der Waals surface area contributed by atoms with E-state index in [0.29, 0.717) is 15.9 Å². The first-order valence-electron chi connectivity index (χ1n) is 7.49. The number of anilines is 1. The predicted octanol–water partition coefficient (Wildman–Crippen LogP) is 2.37. The van der Waals surface area contributed by atoms with E-state index in [4.69, 9.17) is 4.74 Å². The van der Waals surface area contributed by atoms with E-state index in [0.717, 1.165) is 16.1 Å². The largest absolute Gasteiger partial charge is 0.497 e. The van der Waals surface area contributed by atoms with Crippen molar-refractivity contribution in [3.63, 3.8) is 0 Å². The summed E-state index contributed by atoms with van der Waals surface area (Å²) in [6.45, 7) is -0.392. The van der Waals surface area contributed by atoms with Gasteiger partial charge in [0.1, 0.15) is 12.3 Å². The van der Waals surface area contributed by atoms with Crippen LogP contribution in [0.3, 0.4) is 0 Å². The molecule has 138 valence electrons. The molecule has 1 N–H and O–H groups in total. The maximum Gasteiger partial charge on any atom is 0.260 e. The van der Waals surface area contributed by atoms with Crippen molar-refractivity contribution in [1.82, 2.24) is 5.43 Å². The molecule has 0 aliphatic heterocycles. The van der Waals surface area contributed by atoms with Crippen LogP contribution in [0, 0.1) is 0 Å². The van der Waals surface area contributed by atoms with Crippen LogP contribution >= 0.6 is 15.9 Å². The van der Waals surface area contributed by atoms with E-state index in [1.807, 2.05) is 0 Å². The molecule has 0 aromatic heterocycles. The number of benzene rings is 2. The van der Waals surface area contributed by atoms with E-state index in [-0.39, 0.29) is 0 Å². The number of para-hydroxylation sites is 1. The molecule has 2 aromatic carbocycles. The molecule has 0 fully saturated rings. The summed E-state index contributed by atoms with van der Waals surface area (Å²) in [5.74, 6) is 0.0998. The number of amides is 1. The van der Waals surface area contributed by atoms with Gasteiger partial charge in [0.15, 0.2) is 0 Å². The normalized spacial score (nSPS) is 11.3. The minimum Gasteiger partial charge on any atom is -0.497 e. The SMILES string of the molecule is COc1cccc(/C=N\NC(=O)CN(c2ccccc2Br)S(C)(=O)=O)c1. The van der Waals surface area contributed by atoms with Crippen molar-refractivity contribution in [3.8, 4) is 5.75 Å². The zero-order valence-corrected chi connectivity index (χ0v) is 16.6. The van der Waals surface area contributed by atoms with Crippen molar-refractivity contribution in [3.05, 3.63) is 58.6 Å². The summed E-state index contributed by atoms with van der Waals surface area (Å²) in [4.78, 5) is 12.1. The molecule has 0 aliphatic rings. The quantitative estimate of drug-likeness (QED) is 0.529. The highest BCUT2D eigenvalue weighted by atomic mass is 79.9. The number of rotatable bonds is 7. The molecular formula is C17H18BrN3O4S. The topological polar surface area (TPSA) is 88.1 Å². The van der Waals surface area contributed by atoms with Crippen LogP contribution in [-0.2, 0) is 14.8 Å². The van der Waals surface area contributed by atoms with E-state index in [2.05, 4.69) is 26.5 Å². The van der Waals surface area contributed by atoms with Crippen molar-refractivity contribution in [1.29, 1.82) is 0 Å². The third-order valence-electron chi connectivity index (χ3n) is 3.31. The number of carbonyl (C=O) groups is 1. The average molecular weight is 440 g/mol. The van der Waals surface area contributed by atoms with Crippen LogP contribution in [0.2, 0.25) is 0 Å². The van der Waals surface area contributed by atoms with Crippen molar-refractivity contribution in [2.45, 2.75) is 0 Å². The Balaban J connectivity index is 2.08. The fraction of sp³-hybridized carbons (Fsp3) is 0.176. The predicted molar refractivity (Wildman–Crippen MR) is 105 cm³/mol. The molecule has 1 amide bonds. The summed E-state index contributed by atoms with van der Waals surface area (Å²) in [5, 5.41) is 3.85. The molecule has 0 heterocycles. The number of sulfonamides is 1. The van der Waals surface area contributed by atoms with Crippen molar-refractivity contribution in [2.24, 2.45) is 5.10 Å². The van der Waals surface area contributed by atoms with Gasteiger partial charge < -0.3 is 4.74 Å². The van der Waals surface area contributed by atoms with Gasteiger partial charge in [-0.3, -0.25) is 9.10 Å². The fourth-order valence-corrected chi connectivity index (χ4v) is 3.59. The van der Waals surface area contributed by atoms with Gasteiger partial charge in [-0.2, -0.15) is 5.10 Å². The molecule has 0 spiro atoms. The summed E-state index contributed by atoms with van der Waals surface area (Å²) in [7, 11) is -2.09. The van der Waals surface area contributed by atoms with Gasteiger partial charge in [-0.05, 0) is 45.8 Å². The first-order chi connectivity index (χ1) is 12.3. The number of hydrogen-bond acceptors (Lipinski definition) is 5. The van der Waals surface area contributed by atoms with Crippen LogP contribution < -0.4 is 14.5 Å².